The highest BCUT2D eigenvalue weighted by Gasteiger charge is 2.57. The van der Waals surface area contributed by atoms with Crippen LogP contribution in [0.1, 0.15) is 89.9 Å². The molecular weight excluding hydrogens is 707 g/mol. The molecule has 0 fully saturated rings. The Bertz CT molecular complexity index is 974. The standard InChI is InChI=1S/C26H40F10NO10P/c27-23(28,25(31,32)33)13-9-5-1-3-7-11-20(38)44-15-18(47-48(42,43)46-17-19(37)22(40)41)16-45-21(39)12-8-4-2-6-10-14-24(29,30)26(34,35)36/h18-19H,1-17,37H2,(H,40,41)(H,42,43). The zero-order valence-corrected chi connectivity index (χ0v) is 26.5. The number of phosphoric ester groups is 1. The number of halogens is 10. The number of unbranched alkanes of at least 4 members (excludes halogenated alkanes) is 8. The van der Waals surface area contributed by atoms with Gasteiger partial charge in [-0.2, -0.15) is 43.9 Å². The van der Waals surface area contributed by atoms with Gasteiger partial charge in [-0.1, -0.05) is 38.5 Å². The lowest BCUT2D eigenvalue weighted by Crippen LogP contribution is -2.36. The number of carboxylic acid groups (broad SMARTS) is 1. The molecule has 0 aliphatic carbocycles. The predicted octanol–water partition coefficient (Wildman–Crippen LogP) is 6.84. The number of nitrogens with two attached hydrogens (primary N) is 1. The lowest BCUT2D eigenvalue weighted by atomic mass is 10.1. The molecule has 0 radical (unpaired) electrons. The van der Waals surface area contributed by atoms with Crippen LogP contribution in [0.5, 0.6) is 0 Å². The van der Waals surface area contributed by atoms with Crippen LogP contribution < -0.4 is 5.73 Å². The molecule has 2 atom stereocenters. The van der Waals surface area contributed by atoms with E-state index in [9.17, 15) is 67.7 Å². The lowest BCUT2D eigenvalue weighted by Gasteiger charge is -2.21. The van der Waals surface area contributed by atoms with Gasteiger partial charge in [-0.05, 0) is 25.7 Å². The van der Waals surface area contributed by atoms with E-state index in [1.54, 1.807) is 0 Å². The van der Waals surface area contributed by atoms with Crippen molar-refractivity contribution in [2.24, 2.45) is 5.73 Å². The first-order valence-electron chi connectivity index (χ1n) is 14.7. The van der Waals surface area contributed by atoms with Crippen LogP contribution in [0, 0.1) is 0 Å². The summed E-state index contributed by atoms with van der Waals surface area (Å²) in [6.07, 6.45) is -15.6. The van der Waals surface area contributed by atoms with Crippen molar-refractivity contribution in [2.45, 2.75) is 126 Å². The van der Waals surface area contributed by atoms with Crippen molar-refractivity contribution in [2.75, 3.05) is 19.8 Å². The summed E-state index contributed by atoms with van der Waals surface area (Å²) in [5, 5.41) is 8.76. The van der Waals surface area contributed by atoms with Crippen molar-refractivity contribution < 1.29 is 91.4 Å². The number of aliphatic carboxylic acids is 1. The molecule has 22 heteroatoms. The van der Waals surface area contributed by atoms with Crippen LogP contribution in [0.15, 0.2) is 0 Å². The molecule has 0 rings (SSSR count). The summed E-state index contributed by atoms with van der Waals surface area (Å²) in [6, 6.07) is -1.72. The number of rotatable bonds is 26. The summed E-state index contributed by atoms with van der Waals surface area (Å²) in [4.78, 5) is 44.8. The fraction of sp³-hybridized carbons (Fsp3) is 0.885. The maximum atomic E-state index is 12.9. The fourth-order valence-electron chi connectivity index (χ4n) is 3.67. The van der Waals surface area contributed by atoms with Crippen molar-refractivity contribution >= 4 is 25.7 Å². The molecule has 0 aromatic heterocycles. The Morgan fingerprint density at radius 2 is 0.979 bits per heavy atom. The summed E-state index contributed by atoms with van der Waals surface area (Å²) in [5.41, 5.74) is 5.19. The van der Waals surface area contributed by atoms with E-state index < -0.39 is 108 Å². The Balaban J connectivity index is 4.70. The molecule has 0 aromatic rings. The topological polar surface area (TPSA) is 172 Å². The van der Waals surface area contributed by atoms with E-state index >= 15 is 0 Å². The molecule has 0 bridgehead atoms. The molecule has 0 amide bonds. The Morgan fingerprint density at radius 1 is 0.625 bits per heavy atom. The number of hydrogen-bond donors (Lipinski definition) is 3. The minimum absolute atomic E-state index is 0.0419. The number of hydrogen-bond acceptors (Lipinski definition) is 9. The first-order valence-corrected chi connectivity index (χ1v) is 16.2. The molecule has 284 valence electrons. The van der Waals surface area contributed by atoms with Crippen LogP contribution >= 0.6 is 7.82 Å². The van der Waals surface area contributed by atoms with Crippen molar-refractivity contribution in [3.8, 4) is 0 Å². The van der Waals surface area contributed by atoms with E-state index in [0.717, 1.165) is 0 Å². The predicted molar refractivity (Wildman–Crippen MR) is 145 cm³/mol. The number of ether oxygens (including phenoxy) is 2. The molecule has 4 N–H and O–H groups in total. The van der Waals surface area contributed by atoms with Crippen LogP contribution in [0.3, 0.4) is 0 Å². The summed E-state index contributed by atoms with van der Waals surface area (Å²) in [5.74, 6) is -12.9. The van der Waals surface area contributed by atoms with E-state index in [-0.39, 0.29) is 64.2 Å². The van der Waals surface area contributed by atoms with Gasteiger partial charge in [0.1, 0.15) is 25.4 Å². The van der Waals surface area contributed by atoms with Crippen molar-refractivity contribution in [3.63, 3.8) is 0 Å². The Labute approximate surface area is 269 Å². The summed E-state index contributed by atoms with van der Waals surface area (Å²) >= 11 is 0. The average Bonchev–Trinajstić information content (AvgIpc) is 2.94. The molecule has 0 saturated heterocycles. The highest BCUT2D eigenvalue weighted by atomic mass is 31.2. The van der Waals surface area contributed by atoms with E-state index in [1.807, 2.05) is 0 Å². The van der Waals surface area contributed by atoms with Gasteiger partial charge in [0.2, 0.25) is 0 Å². The minimum atomic E-state index is -5.64. The van der Waals surface area contributed by atoms with Gasteiger partial charge >= 0.3 is 49.9 Å². The molecule has 2 unspecified atom stereocenters. The normalized spacial score (nSPS) is 14.9. The maximum absolute atomic E-state index is 12.9. The molecule has 0 spiro atoms. The van der Waals surface area contributed by atoms with Gasteiger partial charge in [-0.3, -0.25) is 23.4 Å². The molecule has 11 nitrogen and oxygen atoms in total. The van der Waals surface area contributed by atoms with Crippen LogP contribution in [-0.2, 0) is 37.5 Å². The van der Waals surface area contributed by atoms with Gasteiger partial charge in [-0.15, -0.1) is 0 Å². The van der Waals surface area contributed by atoms with Crippen LogP contribution in [0.4, 0.5) is 43.9 Å². The Kier molecular flexibility index (Phi) is 20.1. The smallest absolute Gasteiger partial charge is 0.472 e. The second-order valence-electron chi connectivity index (χ2n) is 10.7. The zero-order chi connectivity index (χ0) is 37.2. The third-order valence-corrected chi connectivity index (χ3v) is 7.49. The number of carbonyl (C=O) groups excluding carboxylic acids is 2. The second kappa shape index (κ2) is 21.1. The minimum Gasteiger partial charge on any atom is -0.480 e. The van der Waals surface area contributed by atoms with E-state index in [0.29, 0.717) is 0 Å². The van der Waals surface area contributed by atoms with Crippen LogP contribution in [-0.4, -0.2) is 84.1 Å². The van der Waals surface area contributed by atoms with Gasteiger partial charge in [-0.25, -0.2) is 4.57 Å². The van der Waals surface area contributed by atoms with E-state index in [4.69, 9.17) is 24.8 Å². The first kappa shape index (κ1) is 45.8. The van der Waals surface area contributed by atoms with Crippen molar-refractivity contribution in [3.05, 3.63) is 0 Å². The van der Waals surface area contributed by atoms with Crippen LogP contribution in [0.25, 0.3) is 0 Å². The Hall–Kier alpha value is -2.22. The molecule has 0 aliphatic rings. The summed E-state index contributed by atoms with van der Waals surface area (Å²) in [6.45, 7) is -2.53. The summed E-state index contributed by atoms with van der Waals surface area (Å²) in [7, 11) is -5.05. The van der Waals surface area contributed by atoms with Gasteiger partial charge in [0.25, 0.3) is 0 Å². The quantitative estimate of drug-likeness (QED) is 0.0366. The fourth-order valence-corrected chi connectivity index (χ4v) is 4.57. The lowest BCUT2D eigenvalue weighted by molar-refractivity contribution is -0.284. The monoisotopic (exact) mass is 747 g/mol. The molecule has 0 aromatic carbocycles. The van der Waals surface area contributed by atoms with E-state index in [1.165, 1.54) is 0 Å². The average molecular weight is 748 g/mol. The number of esters is 2. The highest BCUT2D eigenvalue weighted by molar-refractivity contribution is 7.47. The zero-order valence-electron chi connectivity index (χ0n) is 25.6. The van der Waals surface area contributed by atoms with E-state index in [2.05, 4.69) is 4.52 Å². The first-order chi connectivity index (χ1) is 21.9. The van der Waals surface area contributed by atoms with Gasteiger partial charge in [0, 0.05) is 25.7 Å². The molecule has 0 heterocycles. The SMILES string of the molecule is NC(COP(=O)(O)OC(COC(=O)CCCCCCCC(F)(F)C(F)(F)F)COC(=O)CCCCCCCC(F)(F)C(F)(F)F)C(=O)O. The largest absolute Gasteiger partial charge is 0.480 e. The third kappa shape index (κ3) is 20.3. The highest BCUT2D eigenvalue weighted by Crippen LogP contribution is 2.45. The maximum Gasteiger partial charge on any atom is 0.472 e. The number of carboxylic acids is 1. The second-order valence-corrected chi connectivity index (χ2v) is 12.1. The molecule has 0 saturated carbocycles. The molecule has 0 aliphatic heterocycles. The Morgan fingerprint density at radius 3 is 1.33 bits per heavy atom. The molecule has 48 heavy (non-hydrogen) atoms. The van der Waals surface area contributed by atoms with Crippen molar-refractivity contribution in [1.82, 2.24) is 0 Å². The molecular formula is C26H40F10NO10P. The van der Waals surface area contributed by atoms with Crippen LogP contribution in [0.2, 0.25) is 0 Å². The van der Waals surface area contributed by atoms with Gasteiger partial charge in [0.15, 0.2) is 0 Å². The van der Waals surface area contributed by atoms with Gasteiger partial charge < -0.3 is 25.2 Å². The number of phosphoric acid groups is 1. The summed E-state index contributed by atoms with van der Waals surface area (Å²) < 4.78 is 156. The number of carbonyl (C=O) groups is 3. The third-order valence-electron chi connectivity index (χ3n) is 6.45. The number of alkyl halides is 10. The van der Waals surface area contributed by atoms with Gasteiger partial charge in [0.05, 0.1) is 6.61 Å². The van der Waals surface area contributed by atoms with Crippen molar-refractivity contribution in [1.29, 1.82) is 0 Å².